The number of ether oxygens (including phenoxy) is 1. The van der Waals surface area contributed by atoms with Crippen LogP contribution in [0.25, 0.3) is 0 Å². The van der Waals surface area contributed by atoms with Crippen LogP contribution in [-0.4, -0.2) is 19.6 Å². The van der Waals surface area contributed by atoms with Gasteiger partial charge in [0.05, 0.1) is 19.1 Å². The minimum absolute atomic E-state index is 0.186. The van der Waals surface area contributed by atoms with Crippen LogP contribution in [0.2, 0.25) is 0 Å². The Morgan fingerprint density at radius 3 is 3.00 bits per heavy atom. The monoisotopic (exact) mass is 218 g/mol. The highest BCUT2D eigenvalue weighted by Gasteiger charge is 2.07. The van der Waals surface area contributed by atoms with Gasteiger partial charge in [-0.15, -0.1) is 0 Å². The summed E-state index contributed by atoms with van der Waals surface area (Å²) in [6.45, 7) is 2.11. The standard InChI is InChI=1S/C12H14N2O2/c1-9(7-13)8-14-12(15)10-4-3-5-11(6-10)16-2/h3-6,9H,8H2,1-2H3,(H,14,15). The van der Waals surface area contributed by atoms with Gasteiger partial charge >= 0.3 is 0 Å². The first-order valence-corrected chi connectivity index (χ1v) is 4.99. The summed E-state index contributed by atoms with van der Waals surface area (Å²) in [6.07, 6.45) is 0. The van der Waals surface area contributed by atoms with Crippen molar-refractivity contribution in [2.24, 2.45) is 5.92 Å². The van der Waals surface area contributed by atoms with E-state index in [9.17, 15) is 4.79 Å². The molecule has 1 unspecified atom stereocenters. The lowest BCUT2D eigenvalue weighted by Crippen LogP contribution is -2.27. The van der Waals surface area contributed by atoms with E-state index in [0.29, 0.717) is 17.9 Å². The van der Waals surface area contributed by atoms with Crippen LogP contribution in [0.1, 0.15) is 17.3 Å². The van der Waals surface area contributed by atoms with E-state index in [1.165, 1.54) is 0 Å². The van der Waals surface area contributed by atoms with E-state index in [2.05, 4.69) is 11.4 Å². The second-order valence-corrected chi connectivity index (χ2v) is 3.47. The number of nitrogens with zero attached hydrogens (tertiary/aromatic N) is 1. The molecule has 4 heteroatoms. The lowest BCUT2D eigenvalue weighted by molar-refractivity contribution is 0.0950. The normalized spacial score (nSPS) is 11.3. The summed E-state index contributed by atoms with van der Waals surface area (Å²) < 4.78 is 5.02. The average molecular weight is 218 g/mol. The largest absolute Gasteiger partial charge is 0.497 e. The molecule has 1 amide bonds. The summed E-state index contributed by atoms with van der Waals surface area (Å²) in [5.74, 6) is 0.261. The van der Waals surface area contributed by atoms with E-state index in [1.54, 1.807) is 38.3 Å². The Balaban J connectivity index is 2.63. The number of carbonyl (C=O) groups is 1. The fourth-order valence-electron chi connectivity index (χ4n) is 1.16. The van der Waals surface area contributed by atoms with Crippen LogP contribution in [-0.2, 0) is 0 Å². The van der Waals surface area contributed by atoms with Crippen molar-refractivity contribution in [2.45, 2.75) is 6.92 Å². The molecule has 4 nitrogen and oxygen atoms in total. The van der Waals surface area contributed by atoms with Crippen molar-refractivity contribution in [1.29, 1.82) is 5.26 Å². The van der Waals surface area contributed by atoms with E-state index in [4.69, 9.17) is 10.00 Å². The van der Waals surface area contributed by atoms with Crippen LogP contribution in [0.15, 0.2) is 24.3 Å². The van der Waals surface area contributed by atoms with E-state index >= 15 is 0 Å². The molecule has 0 radical (unpaired) electrons. The zero-order valence-corrected chi connectivity index (χ0v) is 9.36. The van der Waals surface area contributed by atoms with Crippen molar-refractivity contribution in [2.75, 3.05) is 13.7 Å². The number of nitrogens with one attached hydrogen (secondary N) is 1. The molecule has 0 saturated heterocycles. The van der Waals surface area contributed by atoms with Crippen molar-refractivity contribution < 1.29 is 9.53 Å². The molecule has 84 valence electrons. The predicted molar refractivity (Wildman–Crippen MR) is 60.1 cm³/mol. The molecule has 1 aromatic rings. The number of hydrogen-bond donors (Lipinski definition) is 1. The molecule has 0 bridgehead atoms. The van der Waals surface area contributed by atoms with Gasteiger partial charge in [-0.3, -0.25) is 4.79 Å². The summed E-state index contributed by atoms with van der Waals surface area (Å²) >= 11 is 0. The zero-order valence-electron chi connectivity index (χ0n) is 9.36. The molecule has 0 aromatic heterocycles. The average Bonchev–Trinajstić information content (AvgIpc) is 2.35. The third kappa shape index (κ3) is 3.28. The molecule has 0 fully saturated rings. The lowest BCUT2D eigenvalue weighted by atomic mass is 10.1. The minimum atomic E-state index is -0.194. The van der Waals surface area contributed by atoms with Gasteiger partial charge in [0.15, 0.2) is 0 Å². The molecule has 0 saturated carbocycles. The molecule has 0 aliphatic rings. The second kappa shape index (κ2) is 5.76. The molecule has 0 spiro atoms. The van der Waals surface area contributed by atoms with Gasteiger partial charge in [0, 0.05) is 12.1 Å². The van der Waals surface area contributed by atoms with Crippen molar-refractivity contribution >= 4 is 5.91 Å². The molecule has 1 atom stereocenters. The van der Waals surface area contributed by atoms with Gasteiger partial charge in [-0.05, 0) is 25.1 Å². The van der Waals surface area contributed by atoms with Crippen molar-refractivity contribution in [3.05, 3.63) is 29.8 Å². The topological polar surface area (TPSA) is 62.1 Å². The smallest absolute Gasteiger partial charge is 0.251 e. The van der Waals surface area contributed by atoms with Gasteiger partial charge in [-0.1, -0.05) is 6.07 Å². The Bertz CT molecular complexity index is 410. The maximum Gasteiger partial charge on any atom is 0.251 e. The van der Waals surface area contributed by atoms with Crippen molar-refractivity contribution in [1.82, 2.24) is 5.32 Å². The SMILES string of the molecule is COc1cccc(C(=O)NCC(C)C#N)c1. The number of nitriles is 1. The molecule has 1 aromatic carbocycles. The van der Waals surface area contributed by atoms with Crippen molar-refractivity contribution in [3.8, 4) is 11.8 Å². The van der Waals surface area contributed by atoms with E-state index in [1.807, 2.05) is 0 Å². The highest BCUT2D eigenvalue weighted by Crippen LogP contribution is 2.12. The fourth-order valence-corrected chi connectivity index (χ4v) is 1.16. The molecule has 0 heterocycles. The third-order valence-electron chi connectivity index (χ3n) is 2.12. The Labute approximate surface area is 94.8 Å². The number of hydrogen-bond acceptors (Lipinski definition) is 3. The third-order valence-corrected chi connectivity index (χ3v) is 2.12. The van der Waals surface area contributed by atoms with Gasteiger partial charge < -0.3 is 10.1 Å². The molecule has 0 aliphatic carbocycles. The number of benzene rings is 1. The second-order valence-electron chi connectivity index (χ2n) is 3.47. The maximum atomic E-state index is 11.7. The maximum absolute atomic E-state index is 11.7. The van der Waals surface area contributed by atoms with E-state index in [-0.39, 0.29) is 11.8 Å². The van der Waals surface area contributed by atoms with E-state index < -0.39 is 0 Å². The lowest BCUT2D eigenvalue weighted by Gasteiger charge is -2.07. The number of carbonyl (C=O) groups excluding carboxylic acids is 1. The van der Waals surface area contributed by atoms with Crippen LogP contribution < -0.4 is 10.1 Å². The number of amides is 1. The molecular formula is C12H14N2O2. The van der Waals surface area contributed by atoms with Crippen LogP contribution in [0.4, 0.5) is 0 Å². The summed E-state index contributed by atoms with van der Waals surface area (Å²) in [4.78, 5) is 11.7. The summed E-state index contributed by atoms with van der Waals surface area (Å²) in [5.41, 5.74) is 0.532. The Morgan fingerprint density at radius 2 is 2.38 bits per heavy atom. The van der Waals surface area contributed by atoms with Crippen LogP contribution >= 0.6 is 0 Å². The zero-order chi connectivity index (χ0) is 12.0. The quantitative estimate of drug-likeness (QED) is 0.834. The number of methoxy groups -OCH3 is 1. The van der Waals surface area contributed by atoms with Crippen LogP contribution in [0, 0.1) is 17.2 Å². The first kappa shape index (κ1) is 12.1. The van der Waals surface area contributed by atoms with Crippen LogP contribution in [0.5, 0.6) is 5.75 Å². The molecular weight excluding hydrogens is 204 g/mol. The summed E-state index contributed by atoms with van der Waals surface area (Å²) in [5, 5.41) is 11.3. The Hall–Kier alpha value is -2.02. The van der Waals surface area contributed by atoms with Gasteiger partial charge in [-0.25, -0.2) is 0 Å². The predicted octanol–water partition coefficient (Wildman–Crippen LogP) is 1.58. The Morgan fingerprint density at radius 1 is 1.62 bits per heavy atom. The fraction of sp³-hybridized carbons (Fsp3) is 0.333. The summed E-state index contributed by atoms with van der Waals surface area (Å²) in [7, 11) is 1.55. The minimum Gasteiger partial charge on any atom is -0.497 e. The van der Waals surface area contributed by atoms with Gasteiger partial charge in [-0.2, -0.15) is 5.26 Å². The van der Waals surface area contributed by atoms with Crippen molar-refractivity contribution in [3.63, 3.8) is 0 Å². The molecule has 0 aliphatic heterocycles. The highest BCUT2D eigenvalue weighted by atomic mass is 16.5. The van der Waals surface area contributed by atoms with Gasteiger partial charge in [0.2, 0.25) is 0 Å². The Kier molecular flexibility index (Phi) is 4.34. The van der Waals surface area contributed by atoms with Gasteiger partial charge in [0.25, 0.3) is 5.91 Å². The van der Waals surface area contributed by atoms with E-state index in [0.717, 1.165) is 0 Å². The number of rotatable bonds is 4. The molecule has 1 N–H and O–H groups in total. The highest BCUT2D eigenvalue weighted by molar-refractivity contribution is 5.94. The molecule has 16 heavy (non-hydrogen) atoms. The summed E-state index contributed by atoms with van der Waals surface area (Å²) in [6, 6.07) is 8.94. The van der Waals surface area contributed by atoms with Crippen LogP contribution in [0.3, 0.4) is 0 Å². The van der Waals surface area contributed by atoms with Gasteiger partial charge in [0.1, 0.15) is 5.75 Å². The first-order valence-electron chi connectivity index (χ1n) is 4.99. The first-order chi connectivity index (χ1) is 7.67. The molecule has 1 rings (SSSR count).